The summed E-state index contributed by atoms with van der Waals surface area (Å²) >= 11 is 6.70. The van der Waals surface area contributed by atoms with Crippen molar-refractivity contribution in [2.45, 2.75) is 24.7 Å². The minimum Gasteiger partial charge on any atom is -0.207 e. The third-order valence-electron chi connectivity index (χ3n) is 3.47. The molecule has 1 aliphatic heterocycles. The van der Waals surface area contributed by atoms with Crippen LogP contribution < -0.4 is 0 Å². The normalized spacial score (nSPS) is 17.9. The third-order valence-corrected chi connectivity index (χ3v) is 7.18. The van der Waals surface area contributed by atoms with Crippen molar-refractivity contribution in [1.29, 1.82) is 5.26 Å². The first-order chi connectivity index (χ1) is 9.36. The molecule has 0 aromatic heterocycles. The molecule has 0 atom stereocenters. The molecule has 1 saturated heterocycles. The lowest BCUT2D eigenvalue weighted by atomic mass is 10.0. The molecule has 2 rings (SSSR count). The molecule has 0 unspecified atom stereocenters. The first-order valence-corrected chi connectivity index (χ1v) is 9.24. The molecule has 20 heavy (non-hydrogen) atoms. The van der Waals surface area contributed by atoms with Gasteiger partial charge < -0.3 is 0 Å². The molecule has 108 valence electrons. The van der Waals surface area contributed by atoms with Crippen molar-refractivity contribution in [1.82, 2.24) is 4.31 Å². The number of halogens is 2. The van der Waals surface area contributed by atoms with Gasteiger partial charge in [0.15, 0.2) is 0 Å². The number of benzene rings is 1. The fraction of sp³-hybridized carbons (Fsp3) is 0.462. The quantitative estimate of drug-likeness (QED) is 0.734. The summed E-state index contributed by atoms with van der Waals surface area (Å²) in [6, 6.07) is 5.63. The van der Waals surface area contributed by atoms with E-state index in [4.69, 9.17) is 5.26 Å². The van der Waals surface area contributed by atoms with Gasteiger partial charge in [-0.2, -0.15) is 9.57 Å². The smallest absolute Gasteiger partial charge is 0.207 e. The fourth-order valence-electron chi connectivity index (χ4n) is 2.19. The molecule has 1 aliphatic rings. The van der Waals surface area contributed by atoms with Crippen molar-refractivity contribution < 1.29 is 8.42 Å². The van der Waals surface area contributed by atoms with Gasteiger partial charge in [0.2, 0.25) is 10.0 Å². The molecule has 0 radical (unpaired) electrons. The zero-order valence-electron chi connectivity index (χ0n) is 10.9. The minimum atomic E-state index is -3.52. The first kappa shape index (κ1) is 16.0. The van der Waals surface area contributed by atoms with Crippen molar-refractivity contribution in [2.24, 2.45) is 5.92 Å². The Morgan fingerprint density at radius 1 is 1.25 bits per heavy atom. The largest absolute Gasteiger partial charge is 0.244 e. The van der Waals surface area contributed by atoms with E-state index in [0.29, 0.717) is 30.4 Å². The van der Waals surface area contributed by atoms with Crippen LogP contribution in [0.25, 0.3) is 0 Å². The topological polar surface area (TPSA) is 61.2 Å². The summed E-state index contributed by atoms with van der Waals surface area (Å²) in [5.74, 6) is -0.0327. The minimum absolute atomic E-state index is 0.0327. The van der Waals surface area contributed by atoms with E-state index in [1.165, 1.54) is 4.31 Å². The van der Waals surface area contributed by atoms with Gasteiger partial charge in [-0.15, -0.1) is 0 Å². The van der Waals surface area contributed by atoms with Crippen LogP contribution in [0.15, 0.2) is 26.0 Å². The number of piperidine rings is 1. The van der Waals surface area contributed by atoms with Crippen LogP contribution in [0.3, 0.4) is 0 Å². The van der Waals surface area contributed by atoms with Crippen LogP contribution in [0, 0.1) is 24.2 Å². The summed E-state index contributed by atoms with van der Waals surface area (Å²) in [6.07, 6.45) is 1.20. The third kappa shape index (κ3) is 3.08. The van der Waals surface area contributed by atoms with E-state index in [1.54, 1.807) is 12.1 Å². The molecule has 0 aliphatic carbocycles. The second-order valence-corrected chi connectivity index (χ2v) is 8.45. The van der Waals surface area contributed by atoms with Crippen molar-refractivity contribution in [2.75, 3.05) is 13.1 Å². The van der Waals surface area contributed by atoms with Gasteiger partial charge in [0.1, 0.15) is 0 Å². The summed E-state index contributed by atoms with van der Waals surface area (Å²) in [4.78, 5) is 0.269. The lowest BCUT2D eigenvalue weighted by Gasteiger charge is -2.28. The second-order valence-electron chi connectivity index (χ2n) is 4.84. The van der Waals surface area contributed by atoms with Gasteiger partial charge in [0.05, 0.1) is 11.0 Å². The molecule has 1 heterocycles. The predicted octanol–water partition coefficient (Wildman–Crippen LogP) is 3.44. The number of nitriles is 1. The van der Waals surface area contributed by atoms with E-state index in [9.17, 15) is 8.42 Å². The van der Waals surface area contributed by atoms with Gasteiger partial charge in [-0.25, -0.2) is 8.42 Å². The van der Waals surface area contributed by atoms with Crippen molar-refractivity contribution in [3.63, 3.8) is 0 Å². The van der Waals surface area contributed by atoms with E-state index in [1.807, 2.05) is 6.92 Å². The van der Waals surface area contributed by atoms with Gasteiger partial charge in [0.25, 0.3) is 0 Å². The molecule has 0 spiro atoms. The molecular weight excluding hydrogens is 408 g/mol. The second kappa shape index (κ2) is 6.14. The molecular formula is C13H14Br2N2O2S. The van der Waals surface area contributed by atoms with Crippen LogP contribution in [-0.4, -0.2) is 25.8 Å². The summed E-state index contributed by atoms with van der Waals surface area (Å²) in [7, 11) is -3.52. The van der Waals surface area contributed by atoms with E-state index < -0.39 is 10.0 Å². The highest BCUT2D eigenvalue weighted by atomic mass is 79.9. The number of sulfonamides is 1. The molecule has 1 fully saturated rings. The zero-order valence-corrected chi connectivity index (χ0v) is 14.9. The maximum Gasteiger partial charge on any atom is 0.244 e. The van der Waals surface area contributed by atoms with E-state index in [-0.39, 0.29) is 10.8 Å². The number of hydrogen-bond acceptors (Lipinski definition) is 3. The maximum absolute atomic E-state index is 12.7. The van der Waals surface area contributed by atoms with Crippen LogP contribution in [0.1, 0.15) is 18.4 Å². The van der Waals surface area contributed by atoms with Crippen LogP contribution in [-0.2, 0) is 10.0 Å². The molecule has 7 heteroatoms. The van der Waals surface area contributed by atoms with Gasteiger partial charge in [-0.1, -0.05) is 15.9 Å². The average molecular weight is 422 g/mol. The van der Waals surface area contributed by atoms with E-state index in [0.717, 1.165) is 10.0 Å². The molecule has 4 nitrogen and oxygen atoms in total. The predicted molar refractivity (Wildman–Crippen MR) is 83.7 cm³/mol. The fourth-order valence-corrected chi connectivity index (χ4v) is 5.30. The Kier molecular flexibility index (Phi) is 4.90. The van der Waals surface area contributed by atoms with Crippen LogP contribution in [0.4, 0.5) is 0 Å². The lowest BCUT2D eigenvalue weighted by Crippen LogP contribution is -2.38. The van der Waals surface area contributed by atoms with Crippen molar-refractivity contribution in [3.8, 4) is 6.07 Å². The van der Waals surface area contributed by atoms with Crippen LogP contribution in [0.2, 0.25) is 0 Å². The Hall–Kier alpha value is -0.420. The van der Waals surface area contributed by atoms with Gasteiger partial charge >= 0.3 is 0 Å². The number of aryl methyl sites for hydroxylation is 1. The molecule has 0 amide bonds. The summed E-state index contributed by atoms with van der Waals surface area (Å²) in [5, 5.41) is 8.88. The number of rotatable bonds is 2. The Morgan fingerprint density at radius 2 is 1.85 bits per heavy atom. The number of nitrogens with zero attached hydrogens (tertiary/aromatic N) is 2. The Balaban J connectivity index is 2.32. The summed E-state index contributed by atoms with van der Waals surface area (Å²) in [6.45, 7) is 2.71. The Bertz CT molecular complexity index is 660. The number of hydrogen-bond donors (Lipinski definition) is 0. The summed E-state index contributed by atoms with van der Waals surface area (Å²) in [5.41, 5.74) is 0.971. The molecule has 1 aromatic rings. The highest BCUT2D eigenvalue weighted by Gasteiger charge is 2.31. The summed E-state index contributed by atoms with van der Waals surface area (Å²) < 4.78 is 28.1. The highest BCUT2D eigenvalue weighted by Crippen LogP contribution is 2.32. The Labute approximate surface area is 136 Å². The van der Waals surface area contributed by atoms with Crippen molar-refractivity contribution >= 4 is 41.9 Å². The van der Waals surface area contributed by atoms with Gasteiger partial charge in [-0.05, 0) is 53.4 Å². The van der Waals surface area contributed by atoms with E-state index >= 15 is 0 Å². The zero-order chi connectivity index (χ0) is 14.9. The standard InChI is InChI=1S/C13H14Br2N2O2S/c1-9-6-12(15)13(7-11(9)14)20(18,19)17-4-2-10(8-16)3-5-17/h6-7,10H,2-5H2,1H3. The van der Waals surface area contributed by atoms with E-state index in [2.05, 4.69) is 37.9 Å². The lowest BCUT2D eigenvalue weighted by molar-refractivity contribution is 0.310. The van der Waals surface area contributed by atoms with Gasteiger partial charge in [0, 0.05) is 28.0 Å². The highest BCUT2D eigenvalue weighted by molar-refractivity contribution is 9.11. The average Bonchev–Trinajstić information content (AvgIpc) is 2.42. The van der Waals surface area contributed by atoms with Crippen LogP contribution >= 0.6 is 31.9 Å². The SMILES string of the molecule is Cc1cc(Br)c(S(=O)(=O)N2CCC(C#N)CC2)cc1Br. The molecule has 0 N–H and O–H groups in total. The first-order valence-electron chi connectivity index (χ1n) is 6.21. The van der Waals surface area contributed by atoms with Gasteiger partial charge in [-0.3, -0.25) is 0 Å². The van der Waals surface area contributed by atoms with Crippen LogP contribution in [0.5, 0.6) is 0 Å². The monoisotopic (exact) mass is 420 g/mol. The maximum atomic E-state index is 12.7. The molecule has 0 bridgehead atoms. The molecule has 1 aromatic carbocycles. The van der Waals surface area contributed by atoms with Crippen molar-refractivity contribution in [3.05, 3.63) is 26.6 Å². The molecule has 0 saturated carbocycles. The Morgan fingerprint density at radius 3 is 2.40 bits per heavy atom.